The van der Waals surface area contributed by atoms with E-state index in [2.05, 4.69) is 30.3 Å². The molecule has 0 aliphatic carbocycles. The summed E-state index contributed by atoms with van der Waals surface area (Å²) in [6.45, 7) is 14.6. The highest BCUT2D eigenvalue weighted by molar-refractivity contribution is 5.84. The molecule has 124 valence electrons. The minimum absolute atomic E-state index is 0.176. The van der Waals surface area contributed by atoms with E-state index in [1.54, 1.807) is 0 Å². The van der Waals surface area contributed by atoms with Gasteiger partial charge in [0.25, 0.3) is 0 Å². The average Bonchev–Trinajstić information content (AvgIpc) is 3.37. The van der Waals surface area contributed by atoms with Gasteiger partial charge in [0.2, 0.25) is 0 Å². The summed E-state index contributed by atoms with van der Waals surface area (Å²) in [5, 5.41) is 7.89. The Balaban J connectivity index is 0.000000233. The first kappa shape index (κ1) is 20.0. The summed E-state index contributed by atoms with van der Waals surface area (Å²) >= 11 is 0. The number of carboxylic acids is 1. The Hall–Kier alpha value is -0.990. The topological polar surface area (TPSA) is 100.0 Å². The van der Waals surface area contributed by atoms with Gasteiger partial charge >= 0.3 is 5.97 Å². The predicted octanol–water partition coefficient (Wildman–Crippen LogP) is 0.730. The van der Waals surface area contributed by atoms with Gasteiger partial charge in [0.05, 0.1) is 66.1 Å². The first-order chi connectivity index (χ1) is 10.1. The van der Waals surface area contributed by atoms with Gasteiger partial charge in [-0.1, -0.05) is 6.58 Å². The molecule has 0 aromatic rings. The van der Waals surface area contributed by atoms with Crippen LogP contribution >= 0.6 is 0 Å². The van der Waals surface area contributed by atoms with Crippen LogP contribution in [0.2, 0.25) is 0 Å². The normalized spacial score (nSPS) is 19.3. The van der Waals surface area contributed by atoms with Gasteiger partial charge in [-0.15, -0.1) is 0 Å². The van der Waals surface area contributed by atoms with Crippen molar-refractivity contribution >= 4 is 5.97 Å². The summed E-state index contributed by atoms with van der Waals surface area (Å²) in [5.41, 5.74) is 0.176. The first-order valence-corrected chi connectivity index (χ1v) is 6.92. The van der Waals surface area contributed by atoms with Crippen molar-refractivity contribution in [2.45, 2.75) is 6.92 Å². The smallest absolute Gasteiger partial charge is 0.330 e. The van der Waals surface area contributed by atoms with Gasteiger partial charge in [0.1, 0.15) is 0 Å². The predicted molar refractivity (Wildman–Crippen MR) is 76.5 cm³/mol. The quantitative estimate of drug-likeness (QED) is 0.563. The Morgan fingerprint density at radius 3 is 0.810 bits per heavy atom. The molecule has 0 amide bonds. The molecule has 5 rings (SSSR count). The van der Waals surface area contributed by atoms with Crippen LogP contribution in [-0.2, 0) is 28.5 Å². The molecule has 0 aromatic carbocycles. The first-order valence-electron chi connectivity index (χ1n) is 6.92. The van der Waals surface area contributed by atoms with Crippen LogP contribution in [0.25, 0.3) is 0 Å². The Bertz CT molecular complexity index is 197. The van der Waals surface area contributed by atoms with Crippen molar-refractivity contribution in [1.29, 1.82) is 0 Å². The Kier molecular flexibility index (Phi) is 14.7. The van der Waals surface area contributed by atoms with E-state index in [-0.39, 0.29) is 5.57 Å². The molecule has 5 heterocycles. The summed E-state index contributed by atoms with van der Waals surface area (Å²) in [7, 11) is 0. The number of carbonyl (C=O) groups is 1. The standard InChI is InChI=1S/C4H6O2.5C2H4O/c1-3(2)4(5)6;5*1-2-3-1/h1H2,2H3,(H,5,6);5*1-2H2. The van der Waals surface area contributed by atoms with Gasteiger partial charge in [0, 0.05) is 5.57 Å². The van der Waals surface area contributed by atoms with Crippen LogP contribution in [0.15, 0.2) is 12.2 Å². The van der Waals surface area contributed by atoms with Crippen LogP contribution in [0.3, 0.4) is 0 Å². The molecule has 0 atom stereocenters. The van der Waals surface area contributed by atoms with E-state index in [1.807, 2.05) is 0 Å². The average molecular weight is 306 g/mol. The minimum atomic E-state index is -0.935. The Morgan fingerprint density at radius 2 is 0.810 bits per heavy atom. The lowest BCUT2D eigenvalue weighted by molar-refractivity contribution is -0.132. The van der Waals surface area contributed by atoms with E-state index in [9.17, 15) is 4.79 Å². The molecule has 21 heavy (non-hydrogen) atoms. The van der Waals surface area contributed by atoms with Crippen molar-refractivity contribution in [3.8, 4) is 0 Å². The lowest BCUT2D eigenvalue weighted by Crippen LogP contribution is -1.92. The van der Waals surface area contributed by atoms with Crippen molar-refractivity contribution in [3.63, 3.8) is 0 Å². The number of ether oxygens (including phenoxy) is 5. The van der Waals surface area contributed by atoms with Crippen molar-refractivity contribution in [2.24, 2.45) is 0 Å². The second-order valence-corrected chi connectivity index (χ2v) is 4.15. The van der Waals surface area contributed by atoms with Crippen LogP contribution < -0.4 is 0 Å². The maximum absolute atomic E-state index is 9.60. The van der Waals surface area contributed by atoms with Crippen molar-refractivity contribution in [2.75, 3.05) is 66.1 Å². The van der Waals surface area contributed by atoms with Gasteiger partial charge in [0.15, 0.2) is 0 Å². The SMILES string of the molecule is C1CO1.C1CO1.C1CO1.C1CO1.C1CO1.C=C(C)C(=O)O. The highest BCUT2D eigenvalue weighted by Crippen LogP contribution is 1.86. The number of rotatable bonds is 1. The van der Waals surface area contributed by atoms with Crippen LogP contribution in [0.4, 0.5) is 0 Å². The zero-order chi connectivity index (χ0) is 15.8. The van der Waals surface area contributed by atoms with E-state index in [0.29, 0.717) is 0 Å². The zero-order valence-electron chi connectivity index (χ0n) is 12.7. The summed E-state index contributed by atoms with van der Waals surface area (Å²) < 4.78 is 22.5. The molecule has 5 aliphatic rings. The van der Waals surface area contributed by atoms with Crippen LogP contribution in [0.1, 0.15) is 6.92 Å². The van der Waals surface area contributed by atoms with Gasteiger partial charge in [-0.25, -0.2) is 4.79 Å². The molecular formula is C14H26O7. The molecule has 5 aliphatic heterocycles. The van der Waals surface area contributed by atoms with Crippen molar-refractivity contribution in [3.05, 3.63) is 12.2 Å². The highest BCUT2D eigenvalue weighted by Gasteiger charge is 1.95. The van der Waals surface area contributed by atoms with Gasteiger partial charge in [-0.05, 0) is 6.92 Å². The maximum Gasteiger partial charge on any atom is 0.330 e. The molecule has 5 saturated heterocycles. The number of epoxide rings is 5. The molecule has 5 fully saturated rings. The van der Waals surface area contributed by atoms with Gasteiger partial charge < -0.3 is 28.8 Å². The van der Waals surface area contributed by atoms with E-state index >= 15 is 0 Å². The zero-order valence-corrected chi connectivity index (χ0v) is 12.7. The lowest BCUT2D eigenvalue weighted by atomic mass is 10.4. The van der Waals surface area contributed by atoms with E-state index in [0.717, 1.165) is 66.1 Å². The Morgan fingerprint density at radius 1 is 0.714 bits per heavy atom. The number of carboxylic acid groups (broad SMARTS) is 1. The van der Waals surface area contributed by atoms with E-state index < -0.39 is 5.97 Å². The molecule has 0 aromatic heterocycles. The maximum atomic E-state index is 9.60. The molecule has 0 unspecified atom stereocenters. The van der Waals surface area contributed by atoms with Gasteiger partial charge in [-0.2, -0.15) is 0 Å². The van der Waals surface area contributed by atoms with E-state index in [1.165, 1.54) is 6.92 Å². The second kappa shape index (κ2) is 15.4. The summed E-state index contributed by atoms with van der Waals surface area (Å²) in [4.78, 5) is 9.60. The molecule has 0 bridgehead atoms. The molecule has 7 nitrogen and oxygen atoms in total. The van der Waals surface area contributed by atoms with Gasteiger partial charge in [-0.3, -0.25) is 0 Å². The van der Waals surface area contributed by atoms with Crippen molar-refractivity contribution in [1.82, 2.24) is 0 Å². The summed E-state index contributed by atoms with van der Waals surface area (Å²) in [6, 6.07) is 0. The number of aliphatic carboxylic acids is 1. The fraction of sp³-hybridized carbons (Fsp3) is 0.786. The Labute approximate surface area is 125 Å². The molecule has 0 spiro atoms. The van der Waals surface area contributed by atoms with Crippen LogP contribution in [0, 0.1) is 0 Å². The lowest BCUT2D eigenvalue weighted by Gasteiger charge is -1.79. The second-order valence-electron chi connectivity index (χ2n) is 4.15. The fourth-order valence-corrected chi connectivity index (χ4v) is 0. The fourth-order valence-electron chi connectivity index (χ4n) is 0. The highest BCUT2D eigenvalue weighted by atomic mass is 16.6. The molecule has 0 saturated carbocycles. The van der Waals surface area contributed by atoms with E-state index in [4.69, 9.17) is 5.11 Å². The number of hydrogen-bond donors (Lipinski definition) is 1. The number of hydrogen-bond acceptors (Lipinski definition) is 6. The van der Waals surface area contributed by atoms with Crippen LogP contribution in [-0.4, -0.2) is 77.1 Å². The third kappa shape index (κ3) is 85.7. The molecular weight excluding hydrogens is 280 g/mol. The molecule has 7 heteroatoms. The minimum Gasteiger partial charge on any atom is -0.478 e. The largest absolute Gasteiger partial charge is 0.478 e. The summed E-state index contributed by atoms with van der Waals surface area (Å²) in [5.74, 6) is -0.935. The monoisotopic (exact) mass is 306 g/mol. The third-order valence-corrected chi connectivity index (χ3v) is 1.39. The van der Waals surface area contributed by atoms with Crippen LogP contribution in [0.5, 0.6) is 0 Å². The molecule has 1 N–H and O–H groups in total. The van der Waals surface area contributed by atoms with Crippen molar-refractivity contribution < 1.29 is 33.6 Å². The molecule has 0 radical (unpaired) electrons. The summed E-state index contributed by atoms with van der Waals surface area (Å²) in [6.07, 6.45) is 0. The third-order valence-electron chi connectivity index (χ3n) is 1.39.